The van der Waals surface area contributed by atoms with Crippen LogP contribution in [0.2, 0.25) is 5.02 Å². The maximum Gasteiger partial charge on any atom is 0.232 e. The third-order valence-corrected chi connectivity index (χ3v) is 6.16. The number of nitrogens with zero attached hydrogens (tertiary/aromatic N) is 1. The summed E-state index contributed by atoms with van der Waals surface area (Å²) in [6.45, 7) is 1.96. The average Bonchev–Trinajstić information content (AvgIpc) is 2.58. The lowest BCUT2D eigenvalue weighted by atomic mass is 9.94. The molecular weight excluding hydrogens is 372 g/mol. The normalized spacial score (nSPS) is 20.7. The monoisotopic (exact) mass is 394 g/mol. The number of benzene rings is 1. The van der Waals surface area contributed by atoms with Gasteiger partial charge in [-0.1, -0.05) is 41.4 Å². The van der Waals surface area contributed by atoms with Crippen LogP contribution in [0.15, 0.2) is 42.6 Å². The Morgan fingerprint density at radius 1 is 1.19 bits per heavy atom. The van der Waals surface area contributed by atoms with Crippen LogP contribution in [0, 0.1) is 6.92 Å². The number of sulfonamides is 1. The SMILES string of the molecule is Cc1cccc(CS(=O)(=O)NC2CCC(Oc3ncccc3Cl)CC2)c1. The summed E-state index contributed by atoms with van der Waals surface area (Å²) in [5.41, 5.74) is 1.86. The number of hydrogen-bond donors (Lipinski definition) is 1. The molecule has 1 N–H and O–H groups in total. The highest BCUT2D eigenvalue weighted by Crippen LogP contribution is 2.27. The quantitative estimate of drug-likeness (QED) is 0.807. The minimum absolute atomic E-state index is 0.00858. The summed E-state index contributed by atoms with van der Waals surface area (Å²) in [6, 6.07) is 11.0. The number of nitrogens with one attached hydrogen (secondary N) is 1. The molecule has 0 saturated heterocycles. The largest absolute Gasteiger partial charge is 0.473 e. The van der Waals surface area contributed by atoms with Crippen LogP contribution in [-0.4, -0.2) is 25.5 Å². The Morgan fingerprint density at radius 3 is 2.65 bits per heavy atom. The van der Waals surface area contributed by atoms with Crippen LogP contribution in [-0.2, 0) is 15.8 Å². The molecule has 1 heterocycles. The molecule has 2 aromatic rings. The van der Waals surface area contributed by atoms with Crippen molar-refractivity contribution in [3.8, 4) is 5.88 Å². The number of hydrogen-bond acceptors (Lipinski definition) is 4. The van der Waals surface area contributed by atoms with Gasteiger partial charge in [-0.3, -0.25) is 0 Å². The Balaban J connectivity index is 1.51. The standard InChI is InChI=1S/C19H23ClN2O3S/c1-14-4-2-5-15(12-14)13-26(23,24)22-16-7-9-17(10-8-16)25-19-18(20)6-3-11-21-19/h2-6,11-12,16-17,22H,7-10,13H2,1H3. The molecule has 0 atom stereocenters. The first-order valence-electron chi connectivity index (χ1n) is 8.74. The van der Waals surface area contributed by atoms with Crippen molar-refractivity contribution in [2.45, 2.75) is 50.5 Å². The summed E-state index contributed by atoms with van der Waals surface area (Å²) in [5, 5.41) is 0.494. The average molecular weight is 395 g/mol. The zero-order chi connectivity index (χ0) is 18.6. The summed E-state index contributed by atoms with van der Waals surface area (Å²) in [4.78, 5) is 4.14. The third kappa shape index (κ3) is 5.43. The second-order valence-electron chi connectivity index (χ2n) is 6.75. The van der Waals surface area contributed by atoms with Gasteiger partial charge in [-0.15, -0.1) is 0 Å². The summed E-state index contributed by atoms with van der Waals surface area (Å²) < 4.78 is 33.5. The van der Waals surface area contributed by atoms with Crippen molar-refractivity contribution in [2.75, 3.05) is 0 Å². The van der Waals surface area contributed by atoms with Gasteiger partial charge in [-0.2, -0.15) is 0 Å². The van der Waals surface area contributed by atoms with Gasteiger partial charge in [0.15, 0.2) is 0 Å². The molecule has 26 heavy (non-hydrogen) atoms. The lowest BCUT2D eigenvalue weighted by molar-refractivity contribution is 0.138. The van der Waals surface area contributed by atoms with Crippen LogP contribution in [0.1, 0.15) is 36.8 Å². The van der Waals surface area contributed by atoms with Gasteiger partial charge in [0.05, 0.1) is 5.75 Å². The van der Waals surface area contributed by atoms with Crippen molar-refractivity contribution < 1.29 is 13.2 Å². The summed E-state index contributed by atoms with van der Waals surface area (Å²) in [6.07, 6.45) is 4.67. The van der Waals surface area contributed by atoms with E-state index in [9.17, 15) is 8.42 Å². The Hall–Kier alpha value is -1.63. The molecule has 5 nitrogen and oxygen atoms in total. The van der Waals surface area contributed by atoms with Gasteiger partial charge in [-0.05, 0) is 50.3 Å². The molecule has 1 aliphatic carbocycles. The van der Waals surface area contributed by atoms with E-state index in [2.05, 4.69) is 9.71 Å². The van der Waals surface area contributed by atoms with E-state index in [-0.39, 0.29) is 17.9 Å². The second kappa shape index (κ2) is 8.37. The number of ether oxygens (including phenoxy) is 1. The van der Waals surface area contributed by atoms with Crippen molar-refractivity contribution in [1.29, 1.82) is 0 Å². The molecule has 0 unspecified atom stereocenters. The Morgan fingerprint density at radius 2 is 1.96 bits per heavy atom. The van der Waals surface area contributed by atoms with E-state index < -0.39 is 10.0 Å². The predicted molar refractivity (Wildman–Crippen MR) is 103 cm³/mol. The van der Waals surface area contributed by atoms with E-state index >= 15 is 0 Å². The van der Waals surface area contributed by atoms with E-state index in [1.54, 1.807) is 18.3 Å². The molecule has 0 radical (unpaired) electrons. The highest BCUT2D eigenvalue weighted by molar-refractivity contribution is 7.88. The molecule has 1 aromatic heterocycles. The molecule has 3 rings (SSSR count). The minimum Gasteiger partial charge on any atom is -0.473 e. The van der Waals surface area contributed by atoms with E-state index in [1.807, 2.05) is 31.2 Å². The van der Waals surface area contributed by atoms with Gasteiger partial charge in [-0.25, -0.2) is 18.1 Å². The predicted octanol–water partition coefficient (Wildman–Crippen LogP) is 3.85. The first kappa shape index (κ1) is 19.1. The van der Waals surface area contributed by atoms with Gasteiger partial charge in [0.25, 0.3) is 0 Å². The van der Waals surface area contributed by atoms with Crippen molar-refractivity contribution in [1.82, 2.24) is 9.71 Å². The van der Waals surface area contributed by atoms with Crippen LogP contribution in [0.5, 0.6) is 5.88 Å². The number of pyridine rings is 1. The molecule has 7 heteroatoms. The van der Waals surface area contributed by atoms with Crippen LogP contribution in [0.3, 0.4) is 0 Å². The molecule has 1 aliphatic rings. The van der Waals surface area contributed by atoms with E-state index in [1.165, 1.54) is 0 Å². The minimum atomic E-state index is -3.36. The first-order chi connectivity index (χ1) is 12.4. The summed E-state index contributed by atoms with van der Waals surface area (Å²) >= 11 is 6.07. The lowest BCUT2D eigenvalue weighted by Crippen LogP contribution is -2.40. The van der Waals surface area contributed by atoms with E-state index in [0.717, 1.165) is 36.8 Å². The van der Waals surface area contributed by atoms with Crippen molar-refractivity contribution in [3.05, 3.63) is 58.7 Å². The fourth-order valence-electron chi connectivity index (χ4n) is 3.23. The first-order valence-corrected chi connectivity index (χ1v) is 10.8. The second-order valence-corrected chi connectivity index (χ2v) is 8.91. The van der Waals surface area contributed by atoms with Crippen molar-refractivity contribution in [3.63, 3.8) is 0 Å². The van der Waals surface area contributed by atoms with Crippen LogP contribution in [0.25, 0.3) is 0 Å². The topological polar surface area (TPSA) is 68.3 Å². The molecule has 0 spiro atoms. The van der Waals surface area contributed by atoms with Crippen LogP contribution < -0.4 is 9.46 Å². The molecule has 0 bridgehead atoms. The van der Waals surface area contributed by atoms with E-state index in [0.29, 0.717) is 10.9 Å². The molecule has 1 saturated carbocycles. The zero-order valence-electron chi connectivity index (χ0n) is 14.7. The van der Waals surface area contributed by atoms with Gasteiger partial charge in [0.1, 0.15) is 11.1 Å². The Bertz CT molecular complexity index is 849. The number of aryl methyl sites for hydroxylation is 1. The number of rotatable bonds is 6. The van der Waals surface area contributed by atoms with Crippen LogP contribution in [0.4, 0.5) is 0 Å². The zero-order valence-corrected chi connectivity index (χ0v) is 16.3. The fraction of sp³-hybridized carbons (Fsp3) is 0.421. The molecule has 0 aliphatic heterocycles. The Kier molecular flexibility index (Phi) is 6.16. The van der Waals surface area contributed by atoms with Gasteiger partial charge in [0.2, 0.25) is 15.9 Å². The maximum atomic E-state index is 12.4. The van der Waals surface area contributed by atoms with Crippen LogP contribution >= 0.6 is 11.6 Å². The molecule has 1 aromatic carbocycles. The van der Waals surface area contributed by atoms with Gasteiger partial charge < -0.3 is 4.74 Å². The molecule has 140 valence electrons. The highest BCUT2D eigenvalue weighted by Gasteiger charge is 2.26. The van der Waals surface area contributed by atoms with Gasteiger partial charge in [0, 0.05) is 12.2 Å². The maximum absolute atomic E-state index is 12.4. The number of aromatic nitrogens is 1. The van der Waals surface area contributed by atoms with Crippen molar-refractivity contribution in [2.24, 2.45) is 0 Å². The highest BCUT2D eigenvalue weighted by atomic mass is 35.5. The van der Waals surface area contributed by atoms with Crippen molar-refractivity contribution >= 4 is 21.6 Å². The Labute approximate surface area is 159 Å². The number of halogens is 1. The molecule has 1 fully saturated rings. The third-order valence-electron chi connectivity index (χ3n) is 4.46. The van der Waals surface area contributed by atoms with Gasteiger partial charge >= 0.3 is 0 Å². The lowest BCUT2D eigenvalue weighted by Gasteiger charge is -2.29. The summed E-state index contributed by atoms with van der Waals surface area (Å²) in [5.74, 6) is 0.451. The smallest absolute Gasteiger partial charge is 0.232 e. The molecule has 0 amide bonds. The van der Waals surface area contributed by atoms with E-state index in [4.69, 9.17) is 16.3 Å². The fourth-order valence-corrected chi connectivity index (χ4v) is 4.84. The summed E-state index contributed by atoms with van der Waals surface area (Å²) in [7, 11) is -3.36. The molecular formula is C19H23ClN2O3S.